The van der Waals surface area contributed by atoms with E-state index >= 15 is 0 Å². The summed E-state index contributed by atoms with van der Waals surface area (Å²) in [4.78, 5) is 10.1. The molecule has 0 aliphatic heterocycles. The molecule has 0 bridgehead atoms. The monoisotopic (exact) mass is 429 g/mol. The van der Waals surface area contributed by atoms with Gasteiger partial charge in [-0.05, 0) is 18.1 Å². The van der Waals surface area contributed by atoms with Gasteiger partial charge in [0.05, 0.1) is 64.4 Å². The Morgan fingerprint density at radius 2 is 1.20 bits per heavy atom. The number of rotatable bonds is 20. The highest BCUT2D eigenvalue weighted by atomic mass is 16.6. The smallest absolute Gasteiger partial charge is 0.269 e. The first kappa shape index (κ1) is 26.3. The summed E-state index contributed by atoms with van der Waals surface area (Å²) in [6, 6.07) is 5.94. The lowest BCUT2D eigenvalue weighted by Gasteiger charge is -2.10. The maximum absolute atomic E-state index is 10.6. The number of benzene rings is 1. The number of nitro groups is 1. The van der Waals surface area contributed by atoms with Crippen LogP contribution in [0.5, 0.6) is 5.75 Å². The third-order valence-electron chi connectivity index (χ3n) is 4.13. The second-order valence-electron chi connectivity index (χ2n) is 6.64. The van der Waals surface area contributed by atoms with Gasteiger partial charge in [0.1, 0.15) is 12.4 Å². The first-order valence-corrected chi connectivity index (χ1v) is 10.4. The maximum Gasteiger partial charge on any atom is 0.269 e. The van der Waals surface area contributed by atoms with E-state index in [2.05, 4.69) is 13.8 Å². The number of hydrogen-bond acceptors (Lipinski definition) is 8. The summed E-state index contributed by atoms with van der Waals surface area (Å²) in [6.07, 6.45) is 1.13. The van der Waals surface area contributed by atoms with Gasteiger partial charge in [0.15, 0.2) is 0 Å². The molecule has 9 nitrogen and oxygen atoms in total. The average Bonchev–Trinajstić information content (AvgIpc) is 2.75. The van der Waals surface area contributed by atoms with Crippen LogP contribution in [0.15, 0.2) is 24.3 Å². The summed E-state index contributed by atoms with van der Waals surface area (Å²) in [5.74, 6) is 1.16. The molecular formula is C21H35NO8. The Balaban J connectivity index is 1.78. The standard InChI is InChI=1S/C21H35NO8/c1-3-19(2)18-29-15-14-27-11-10-25-8-9-26-12-13-28-16-17-30-21-6-4-20(5-7-21)22(23)24/h4-7,19H,3,8-18H2,1-2H3. The van der Waals surface area contributed by atoms with Gasteiger partial charge in [-0.2, -0.15) is 0 Å². The van der Waals surface area contributed by atoms with Gasteiger partial charge in [0.2, 0.25) is 0 Å². The van der Waals surface area contributed by atoms with Crippen LogP contribution in [0.2, 0.25) is 0 Å². The zero-order valence-electron chi connectivity index (χ0n) is 18.1. The molecular weight excluding hydrogens is 394 g/mol. The number of ether oxygens (including phenoxy) is 6. The van der Waals surface area contributed by atoms with Crippen molar-refractivity contribution in [3.05, 3.63) is 34.4 Å². The van der Waals surface area contributed by atoms with Crippen LogP contribution in [0.3, 0.4) is 0 Å². The van der Waals surface area contributed by atoms with Crippen molar-refractivity contribution in [3.63, 3.8) is 0 Å². The summed E-state index contributed by atoms with van der Waals surface area (Å²) in [5.41, 5.74) is 0.0364. The zero-order chi connectivity index (χ0) is 21.9. The van der Waals surface area contributed by atoms with Gasteiger partial charge in [-0.15, -0.1) is 0 Å². The van der Waals surface area contributed by atoms with Crippen molar-refractivity contribution in [2.75, 3.05) is 72.7 Å². The van der Waals surface area contributed by atoms with Crippen molar-refractivity contribution >= 4 is 5.69 Å². The Bertz CT molecular complexity index is 540. The highest BCUT2D eigenvalue weighted by Crippen LogP contribution is 2.17. The van der Waals surface area contributed by atoms with Crippen LogP contribution in [0.4, 0.5) is 5.69 Å². The highest BCUT2D eigenvalue weighted by molar-refractivity contribution is 5.35. The van der Waals surface area contributed by atoms with E-state index in [9.17, 15) is 10.1 Å². The van der Waals surface area contributed by atoms with E-state index < -0.39 is 4.92 Å². The first-order valence-electron chi connectivity index (χ1n) is 10.4. The van der Waals surface area contributed by atoms with Crippen molar-refractivity contribution in [2.45, 2.75) is 20.3 Å². The van der Waals surface area contributed by atoms with Crippen molar-refractivity contribution in [2.24, 2.45) is 5.92 Å². The lowest BCUT2D eigenvalue weighted by atomic mass is 10.1. The minimum Gasteiger partial charge on any atom is -0.491 e. The van der Waals surface area contributed by atoms with Crippen LogP contribution in [0.1, 0.15) is 20.3 Å². The van der Waals surface area contributed by atoms with Crippen LogP contribution < -0.4 is 4.74 Å². The molecule has 1 rings (SSSR count). The predicted octanol–water partition coefficient (Wildman–Crippen LogP) is 3.10. The van der Waals surface area contributed by atoms with Gasteiger partial charge in [-0.1, -0.05) is 20.3 Å². The lowest BCUT2D eigenvalue weighted by molar-refractivity contribution is -0.384. The molecule has 172 valence electrons. The second kappa shape index (κ2) is 18.0. The Labute approximate surface area is 178 Å². The summed E-state index contributed by atoms with van der Waals surface area (Å²) < 4.78 is 32.6. The lowest BCUT2D eigenvalue weighted by Crippen LogP contribution is -2.15. The topological polar surface area (TPSA) is 98.5 Å². The van der Waals surface area contributed by atoms with E-state index in [-0.39, 0.29) is 5.69 Å². The van der Waals surface area contributed by atoms with Gasteiger partial charge in [0, 0.05) is 18.7 Å². The summed E-state index contributed by atoms with van der Waals surface area (Å²) >= 11 is 0. The fourth-order valence-electron chi connectivity index (χ4n) is 2.16. The van der Waals surface area contributed by atoms with Crippen LogP contribution >= 0.6 is 0 Å². The molecule has 1 aromatic rings. The number of hydrogen-bond donors (Lipinski definition) is 0. The van der Waals surface area contributed by atoms with Gasteiger partial charge in [-0.3, -0.25) is 10.1 Å². The fourth-order valence-corrected chi connectivity index (χ4v) is 2.16. The van der Waals surface area contributed by atoms with E-state index in [0.29, 0.717) is 77.7 Å². The molecule has 0 heterocycles. The zero-order valence-corrected chi connectivity index (χ0v) is 18.1. The molecule has 1 atom stereocenters. The fraction of sp³-hybridized carbons (Fsp3) is 0.714. The van der Waals surface area contributed by atoms with Crippen molar-refractivity contribution in [1.29, 1.82) is 0 Å². The highest BCUT2D eigenvalue weighted by Gasteiger charge is 2.04. The molecule has 0 spiro atoms. The third-order valence-corrected chi connectivity index (χ3v) is 4.13. The summed E-state index contributed by atoms with van der Waals surface area (Å²) in [6.45, 7) is 10.1. The van der Waals surface area contributed by atoms with Gasteiger partial charge in [-0.25, -0.2) is 0 Å². The van der Waals surface area contributed by atoms with Crippen molar-refractivity contribution in [1.82, 2.24) is 0 Å². The average molecular weight is 430 g/mol. The Kier molecular flexibility index (Phi) is 15.8. The molecule has 0 saturated heterocycles. The van der Waals surface area contributed by atoms with Gasteiger partial charge < -0.3 is 28.4 Å². The molecule has 1 aromatic carbocycles. The molecule has 0 amide bonds. The molecule has 0 saturated carbocycles. The van der Waals surface area contributed by atoms with Crippen LogP contribution in [-0.4, -0.2) is 77.6 Å². The number of nitro benzene ring substituents is 1. The predicted molar refractivity (Wildman–Crippen MR) is 112 cm³/mol. The molecule has 0 N–H and O–H groups in total. The van der Waals surface area contributed by atoms with E-state index in [1.807, 2.05) is 0 Å². The number of nitrogens with zero attached hydrogens (tertiary/aromatic N) is 1. The van der Waals surface area contributed by atoms with Crippen LogP contribution in [-0.2, 0) is 23.7 Å². The van der Waals surface area contributed by atoms with Crippen LogP contribution in [0, 0.1) is 16.0 Å². The molecule has 9 heteroatoms. The Morgan fingerprint density at radius 1 is 0.767 bits per heavy atom. The quantitative estimate of drug-likeness (QED) is 0.177. The van der Waals surface area contributed by atoms with Gasteiger partial charge >= 0.3 is 0 Å². The molecule has 0 radical (unpaired) electrons. The molecule has 0 aliphatic carbocycles. The summed E-state index contributed by atoms with van der Waals surface area (Å²) in [5, 5.41) is 10.6. The normalized spacial score (nSPS) is 12.1. The first-order chi connectivity index (χ1) is 14.6. The van der Waals surface area contributed by atoms with Gasteiger partial charge in [0.25, 0.3) is 5.69 Å². The maximum atomic E-state index is 10.6. The molecule has 30 heavy (non-hydrogen) atoms. The second-order valence-corrected chi connectivity index (χ2v) is 6.64. The molecule has 0 aliphatic rings. The van der Waals surface area contributed by atoms with E-state index in [0.717, 1.165) is 13.0 Å². The van der Waals surface area contributed by atoms with E-state index in [4.69, 9.17) is 28.4 Å². The summed E-state index contributed by atoms with van der Waals surface area (Å²) in [7, 11) is 0. The van der Waals surface area contributed by atoms with E-state index in [1.54, 1.807) is 12.1 Å². The molecule has 0 aromatic heterocycles. The van der Waals surface area contributed by atoms with Crippen molar-refractivity contribution in [3.8, 4) is 5.75 Å². The van der Waals surface area contributed by atoms with Crippen LogP contribution in [0.25, 0.3) is 0 Å². The number of non-ortho nitro benzene ring substituents is 1. The largest absolute Gasteiger partial charge is 0.491 e. The molecule has 0 fully saturated rings. The SMILES string of the molecule is CCC(C)COCCOCCOCCOCCOCCOc1ccc([N+](=O)[O-])cc1. The minimum atomic E-state index is -0.446. The Hall–Kier alpha value is -1.78. The minimum absolute atomic E-state index is 0.0364. The third kappa shape index (κ3) is 14.2. The van der Waals surface area contributed by atoms with Crippen molar-refractivity contribution < 1.29 is 33.3 Å². The van der Waals surface area contributed by atoms with E-state index in [1.165, 1.54) is 12.1 Å². The molecule has 1 unspecified atom stereocenters. The Morgan fingerprint density at radius 3 is 1.63 bits per heavy atom.